The third-order valence-electron chi connectivity index (χ3n) is 6.32. The summed E-state index contributed by atoms with van der Waals surface area (Å²) in [5, 5.41) is 0.185. The van der Waals surface area contributed by atoms with Crippen LogP contribution in [0.5, 0.6) is 0 Å². The van der Waals surface area contributed by atoms with Gasteiger partial charge in [0, 0.05) is 5.31 Å². The highest BCUT2D eigenvalue weighted by molar-refractivity contribution is 6.50. The van der Waals surface area contributed by atoms with Crippen molar-refractivity contribution >= 4 is 7.12 Å². The van der Waals surface area contributed by atoms with Gasteiger partial charge in [-0.05, 0) is 71.6 Å². The van der Waals surface area contributed by atoms with Crippen LogP contribution in [0.15, 0.2) is 11.6 Å². The molecule has 1 heterocycles. The molecule has 4 aliphatic carbocycles. The molecule has 19 heavy (non-hydrogen) atoms. The Kier molecular flexibility index (Phi) is 2.29. The Bertz CT molecular complexity index is 420. The summed E-state index contributed by atoms with van der Waals surface area (Å²) >= 11 is 0. The third-order valence-corrected chi connectivity index (χ3v) is 6.32. The Morgan fingerprint density at radius 2 is 1.53 bits per heavy atom. The van der Waals surface area contributed by atoms with Gasteiger partial charge in [-0.15, -0.1) is 0 Å². The standard InChI is InChI=1S/C16H25BO2/c1-14(2)15(3,4)19-17(18-14)16-8-11-5-12(9-16)7-13(6-11)10-16/h8,12-13H,5-7,9-10H2,1-4H3. The van der Waals surface area contributed by atoms with Gasteiger partial charge in [-0.25, -0.2) is 0 Å². The zero-order valence-electron chi connectivity index (χ0n) is 12.7. The molecule has 0 amide bonds. The summed E-state index contributed by atoms with van der Waals surface area (Å²) in [5.74, 6) is 1.79. The molecular weight excluding hydrogens is 235 g/mol. The molecule has 3 heteroatoms. The zero-order valence-corrected chi connectivity index (χ0v) is 12.7. The van der Waals surface area contributed by atoms with Gasteiger partial charge in [0.2, 0.25) is 0 Å². The molecule has 0 aromatic rings. The van der Waals surface area contributed by atoms with Crippen LogP contribution in [-0.4, -0.2) is 18.3 Å². The molecule has 1 saturated heterocycles. The van der Waals surface area contributed by atoms with E-state index in [-0.39, 0.29) is 23.6 Å². The van der Waals surface area contributed by atoms with Crippen molar-refractivity contribution in [2.75, 3.05) is 0 Å². The molecule has 104 valence electrons. The molecule has 1 aliphatic heterocycles. The van der Waals surface area contributed by atoms with Gasteiger partial charge in [-0.2, -0.15) is 0 Å². The van der Waals surface area contributed by atoms with E-state index in [0.29, 0.717) is 0 Å². The maximum absolute atomic E-state index is 6.38. The van der Waals surface area contributed by atoms with Gasteiger partial charge in [-0.3, -0.25) is 0 Å². The number of rotatable bonds is 1. The van der Waals surface area contributed by atoms with Crippen LogP contribution in [0.2, 0.25) is 5.31 Å². The van der Waals surface area contributed by atoms with Gasteiger partial charge >= 0.3 is 7.12 Å². The van der Waals surface area contributed by atoms with Crippen LogP contribution in [0, 0.1) is 11.8 Å². The predicted molar refractivity (Wildman–Crippen MR) is 76.9 cm³/mol. The van der Waals surface area contributed by atoms with E-state index in [1.165, 1.54) is 32.1 Å². The lowest BCUT2D eigenvalue weighted by atomic mass is 9.42. The second-order valence-corrected chi connectivity index (χ2v) is 8.41. The van der Waals surface area contributed by atoms with E-state index in [2.05, 4.69) is 33.8 Å². The molecule has 2 atom stereocenters. The minimum atomic E-state index is -0.195. The number of hydrogen-bond acceptors (Lipinski definition) is 2. The average Bonchev–Trinajstić information content (AvgIpc) is 2.46. The van der Waals surface area contributed by atoms with Crippen molar-refractivity contribution in [1.29, 1.82) is 0 Å². The van der Waals surface area contributed by atoms with E-state index in [1.54, 1.807) is 5.57 Å². The summed E-state index contributed by atoms with van der Waals surface area (Å²) in [6, 6.07) is 0. The summed E-state index contributed by atoms with van der Waals surface area (Å²) in [6.45, 7) is 8.67. The van der Waals surface area contributed by atoms with Crippen LogP contribution in [0.3, 0.4) is 0 Å². The van der Waals surface area contributed by atoms with Crippen molar-refractivity contribution in [3.8, 4) is 0 Å². The van der Waals surface area contributed by atoms with Crippen LogP contribution < -0.4 is 0 Å². The number of hydrogen-bond donors (Lipinski definition) is 0. The minimum Gasteiger partial charge on any atom is -0.403 e. The van der Waals surface area contributed by atoms with Gasteiger partial charge in [-0.1, -0.05) is 11.6 Å². The van der Waals surface area contributed by atoms with E-state index in [4.69, 9.17) is 9.31 Å². The molecule has 0 spiro atoms. The Labute approximate surface area is 117 Å². The quantitative estimate of drug-likeness (QED) is 0.524. The maximum Gasteiger partial charge on any atom is 0.468 e. The van der Waals surface area contributed by atoms with Crippen LogP contribution >= 0.6 is 0 Å². The van der Waals surface area contributed by atoms with Crippen LogP contribution in [0.1, 0.15) is 59.8 Å². The lowest BCUT2D eigenvalue weighted by Crippen LogP contribution is -2.46. The van der Waals surface area contributed by atoms with Crippen molar-refractivity contribution in [3.05, 3.63) is 11.6 Å². The van der Waals surface area contributed by atoms with Crippen LogP contribution in [0.25, 0.3) is 0 Å². The summed E-state index contributed by atoms with van der Waals surface area (Å²) in [5.41, 5.74) is 1.30. The van der Waals surface area contributed by atoms with Gasteiger partial charge in [0.25, 0.3) is 0 Å². The Balaban J connectivity index is 1.69. The molecule has 0 aromatic carbocycles. The highest BCUT2D eigenvalue weighted by atomic mass is 16.7. The summed E-state index contributed by atoms with van der Waals surface area (Å²) in [7, 11) is -0.0293. The Morgan fingerprint density at radius 1 is 1.00 bits per heavy atom. The molecular formula is C16H25BO2. The first-order valence-electron chi connectivity index (χ1n) is 7.86. The first-order chi connectivity index (χ1) is 8.80. The molecule has 3 fully saturated rings. The first-order valence-corrected chi connectivity index (χ1v) is 7.86. The fraction of sp³-hybridized carbons (Fsp3) is 0.875. The Morgan fingerprint density at radius 3 is 2.00 bits per heavy atom. The largest absolute Gasteiger partial charge is 0.468 e. The molecule has 2 unspecified atom stereocenters. The molecule has 2 nitrogen and oxygen atoms in total. The highest BCUT2D eigenvalue weighted by Gasteiger charge is 2.62. The second kappa shape index (κ2) is 3.48. The maximum atomic E-state index is 6.38. The molecule has 4 bridgehead atoms. The van der Waals surface area contributed by atoms with Gasteiger partial charge in [0.15, 0.2) is 0 Å². The second-order valence-electron chi connectivity index (χ2n) is 8.41. The van der Waals surface area contributed by atoms with E-state index >= 15 is 0 Å². The fourth-order valence-corrected chi connectivity index (χ4v) is 4.91. The van der Waals surface area contributed by atoms with E-state index in [0.717, 1.165) is 11.8 Å². The van der Waals surface area contributed by atoms with Crippen molar-refractivity contribution in [2.45, 2.75) is 76.3 Å². The Hall–Kier alpha value is -0.275. The fourth-order valence-electron chi connectivity index (χ4n) is 4.91. The normalized spacial score (nSPS) is 45.7. The third kappa shape index (κ3) is 1.64. The predicted octanol–water partition coefficient (Wildman–Crippen LogP) is 3.97. The monoisotopic (exact) mass is 260 g/mol. The van der Waals surface area contributed by atoms with E-state index < -0.39 is 0 Å². The summed E-state index contributed by atoms with van der Waals surface area (Å²) < 4.78 is 12.8. The molecule has 0 radical (unpaired) electrons. The lowest BCUT2D eigenvalue weighted by Gasteiger charge is -2.52. The van der Waals surface area contributed by atoms with Crippen molar-refractivity contribution in [2.24, 2.45) is 11.8 Å². The topological polar surface area (TPSA) is 18.5 Å². The van der Waals surface area contributed by atoms with Crippen molar-refractivity contribution < 1.29 is 9.31 Å². The van der Waals surface area contributed by atoms with E-state index in [1.807, 2.05) is 0 Å². The van der Waals surface area contributed by atoms with E-state index in [9.17, 15) is 0 Å². The first kappa shape index (κ1) is 12.5. The molecule has 2 saturated carbocycles. The zero-order chi connectivity index (χ0) is 13.5. The van der Waals surface area contributed by atoms with Crippen LogP contribution in [0.4, 0.5) is 0 Å². The molecule has 0 N–H and O–H groups in total. The molecule has 5 rings (SSSR count). The van der Waals surface area contributed by atoms with Gasteiger partial charge < -0.3 is 9.31 Å². The number of allylic oxidation sites excluding steroid dienone is 2. The van der Waals surface area contributed by atoms with Crippen LogP contribution in [-0.2, 0) is 9.31 Å². The lowest BCUT2D eigenvalue weighted by molar-refractivity contribution is 0.00578. The van der Waals surface area contributed by atoms with Crippen molar-refractivity contribution in [1.82, 2.24) is 0 Å². The molecule has 5 aliphatic rings. The van der Waals surface area contributed by atoms with Crippen molar-refractivity contribution in [3.63, 3.8) is 0 Å². The summed E-state index contributed by atoms with van der Waals surface area (Å²) in [6.07, 6.45) is 9.24. The molecule has 0 aromatic heterocycles. The average molecular weight is 260 g/mol. The van der Waals surface area contributed by atoms with Gasteiger partial charge in [0.1, 0.15) is 0 Å². The highest BCUT2D eigenvalue weighted by Crippen LogP contribution is 2.63. The minimum absolute atomic E-state index is 0.0293. The summed E-state index contributed by atoms with van der Waals surface area (Å²) in [4.78, 5) is 0. The smallest absolute Gasteiger partial charge is 0.403 e. The SMILES string of the molecule is CC1(C)OB(C23C=C4CC(CC(C4)C2)C3)OC1(C)C. The van der Waals surface area contributed by atoms with Gasteiger partial charge in [0.05, 0.1) is 11.2 Å².